The van der Waals surface area contributed by atoms with Crippen molar-refractivity contribution in [3.8, 4) is 0 Å². The van der Waals surface area contributed by atoms with Gasteiger partial charge >= 0.3 is 0 Å². The molecule has 130 valence electrons. The molecule has 0 bridgehead atoms. The van der Waals surface area contributed by atoms with Crippen LogP contribution in [0, 0.1) is 5.92 Å². The van der Waals surface area contributed by atoms with E-state index in [9.17, 15) is 9.90 Å². The van der Waals surface area contributed by atoms with Crippen LogP contribution in [0.2, 0.25) is 0 Å². The molecule has 24 heavy (non-hydrogen) atoms. The first-order chi connectivity index (χ1) is 11.6. The van der Waals surface area contributed by atoms with E-state index in [-0.39, 0.29) is 11.9 Å². The Kier molecular flexibility index (Phi) is 3.92. The van der Waals surface area contributed by atoms with Crippen molar-refractivity contribution in [2.24, 2.45) is 5.92 Å². The van der Waals surface area contributed by atoms with Gasteiger partial charge in [-0.05, 0) is 31.7 Å². The maximum Gasteiger partial charge on any atom is 0.239 e. The standard InChI is InChI=1S/C17H25N5O2/c1-13(22-11-17(24,12-22)14-3-4-14)15(23)20-7-9-21(10-8-20)16-18-5-2-6-19-16/h2,5-6,13-14,24H,3-4,7-12H2,1H3. The molecule has 7 nitrogen and oxygen atoms in total. The minimum atomic E-state index is -0.530. The lowest BCUT2D eigenvalue weighted by Crippen LogP contribution is -2.68. The second-order valence-corrected chi connectivity index (χ2v) is 7.32. The van der Waals surface area contributed by atoms with E-state index in [1.54, 1.807) is 18.5 Å². The first-order valence-electron chi connectivity index (χ1n) is 8.84. The highest BCUT2D eigenvalue weighted by atomic mass is 16.3. The number of nitrogens with zero attached hydrogens (tertiary/aromatic N) is 5. The van der Waals surface area contributed by atoms with Crippen molar-refractivity contribution in [3.05, 3.63) is 18.5 Å². The molecule has 4 rings (SSSR count). The molecule has 1 amide bonds. The van der Waals surface area contributed by atoms with Crippen LogP contribution in [0.15, 0.2) is 18.5 Å². The highest BCUT2D eigenvalue weighted by Gasteiger charge is 2.53. The molecule has 0 radical (unpaired) electrons. The van der Waals surface area contributed by atoms with Crippen molar-refractivity contribution in [1.82, 2.24) is 19.8 Å². The van der Waals surface area contributed by atoms with Gasteiger partial charge in [0, 0.05) is 51.7 Å². The van der Waals surface area contributed by atoms with Crippen LogP contribution in [0.1, 0.15) is 19.8 Å². The Labute approximate surface area is 142 Å². The van der Waals surface area contributed by atoms with Crippen LogP contribution in [-0.2, 0) is 4.79 Å². The molecule has 2 saturated heterocycles. The Morgan fingerprint density at radius 2 is 1.83 bits per heavy atom. The molecule has 1 aliphatic carbocycles. The average molecular weight is 331 g/mol. The predicted octanol–water partition coefficient (Wildman–Crippen LogP) is -0.0296. The molecule has 0 spiro atoms. The van der Waals surface area contributed by atoms with Crippen LogP contribution >= 0.6 is 0 Å². The summed E-state index contributed by atoms with van der Waals surface area (Å²) in [5.74, 6) is 1.36. The number of aliphatic hydroxyl groups is 1. The number of hydrogen-bond acceptors (Lipinski definition) is 6. The number of likely N-dealkylation sites (tertiary alicyclic amines) is 1. The first-order valence-corrected chi connectivity index (χ1v) is 8.84. The summed E-state index contributed by atoms with van der Waals surface area (Å²) in [5.41, 5.74) is -0.530. The molecule has 1 aromatic rings. The second-order valence-electron chi connectivity index (χ2n) is 7.32. The fraction of sp³-hybridized carbons (Fsp3) is 0.706. The maximum atomic E-state index is 12.7. The number of carbonyl (C=O) groups excluding carboxylic acids is 1. The molecule has 1 atom stereocenters. The largest absolute Gasteiger partial charge is 0.387 e. The van der Waals surface area contributed by atoms with Gasteiger partial charge in [-0.15, -0.1) is 0 Å². The fourth-order valence-corrected chi connectivity index (χ4v) is 3.81. The lowest BCUT2D eigenvalue weighted by atomic mass is 9.87. The van der Waals surface area contributed by atoms with E-state index in [1.807, 2.05) is 11.8 Å². The smallest absolute Gasteiger partial charge is 0.239 e. The molecule has 1 unspecified atom stereocenters. The molecule has 1 saturated carbocycles. The Hall–Kier alpha value is -1.73. The number of rotatable bonds is 4. The number of anilines is 1. The summed E-state index contributed by atoms with van der Waals surface area (Å²) in [5, 5.41) is 10.4. The highest BCUT2D eigenvalue weighted by Crippen LogP contribution is 2.45. The minimum Gasteiger partial charge on any atom is -0.387 e. The number of aromatic nitrogens is 2. The quantitative estimate of drug-likeness (QED) is 0.835. The molecule has 7 heteroatoms. The van der Waals surface area contributed by atoms with Crippen LogP contribution in [0.25, 0.3) is 0 Å². The monoisotopic (exact) mass is 331 g/mol. The number of amides is 1. The summed E-state index contributed by atoms with van der Waals surface area (Å²) in [7, 11) is 0. The summed E-state index contributed by atoms with van der Waals surface area (Å²) in [6.07, 6.45) is 5.76. The predicted molar refractivity (Wildman–Crippen MR) is 89.5 cm³/mol. The highest BCUT2D eigenvalue weighted by molar-refractivity contribution is 5.82. The van der Waals surface area contributed by atoms with E-state index in [2.05, 4.69) is 19.8 Å². The average Bonchev–Trinajstić information content (AvgIpc) is 3.44. The molecule has 3 fully saturated rings. The van der Waals surface area contributed by atoms with E-state index in [0.717, 1.165) is 31.9 Å². The minimum absolute atomic E-state index is 0.149. The van der Waals surface area contributed by atoms with Gasteiger partial charge in [-0.25, -0.2) is 9.97 Å². The number of carbonyl (C=O) groups is 1. The number of hydrogen-bond donors (Lipinski definition) is 1. The molecular formula is C17H25N5O2. The van der Waals surface area contributed by atoms with Crippen molar-refractivity contribution in [3.63, 3.8) is 0 Å². The van der Waals surface area contributed by atoms with Crippen LogP contribution in [0.5, 0.6) is 0 Å². The third-order valence-electron chi connectivity index (χ3n) is 5.62. The third kappa shape index (κ3) is 2.86. The molecule has 1 N–H and O–H groups in total. The fourth-order valence-electron chi connectivity index (χ4n) is 3.81. The van der Waals surface area contributed by atoms with Gasteiger partial charge in [-0.3, -0.25) is 9.69 Å². The normalized spacial score (nSPS) is 25.2. The van der Waals surface area contributed by atoms with Gasteiger partial charge in [0.2, 0.25) is 11.9 Å². The van der Waals surface area contributed by atoms with E-state index in [4.69, 9.17) is 0 Å². The van der Waals surface area contributed by atoms with Crippen molar-refractivity contribution in [1.29, 1.82) is 0 Å². The molecule has 3 aliphatic rings. The SMILES string of the molecule is CC(C(=O)N1CCN(c2ncccn2)CC1)N1CC(O)(C2CC2)C1. The number of β-amino-alcohol motifs (C(OH)–C–C–N with tert-alkyl or cyclic N) is 1. The van der Waals surface area contributed by atoms with E-state index < -0.39 is 5.60 Å². The van der Waals surface area contributed by atoms with Gasteiger partial charge in [0.15, 0.2) is 0 Å². The van der Waals surface area contributed by atoms with Crippen LogP contribution in [0.3, 0.4) is 0 Å². The van der Waals surface area contributed by atoms with Crippen molar-refractivity contribution in [2.75, 3.05) is 44.2 Å². The van der Waals surface area contributed by atoms with E-state index in [1.165, 1.54) is 0 Å². The summed E-state index contributed by atoms with van der Waals surface area (Å²) >= 11 is 0. The van der Waals surface area contributed by atoms with Gasteiger partial charge < -0.3 is 14.9 Å². The maximum absolute atomic E-state index is 12.7. The molecular weight excluding hydrogens is 306 g/mol. The summed E-state index contributed by atoms with van der Waals surface area (Å²) in [6.45, 7) is 6.15. The van der Waals surface area contributed by atoms with Crippen molar-refractivity contribution >= 4 is 11.9 Å². The molecule has 2 aliphatic heterocycles. The van der Waals surface area contributed by atoms with Gasteiger partial charge in [-0.2, -0.15) is 0 Å². The van der Waals surface area contributed by atoms with E-state index >= 15 is 0 Å². The van der Waals surface area contributed by atoms with Gasteiger partial charge in [0.1, 0.15) is 0 Å². The molecule has 0 aromatic carbocycles. The zero-order chi connectivity index (χ0) is 16.7. The van der Waals surface area contributed by atoms with Gasteiger partial charge in [0.25, 0.3) is 0 Å². The Bertz CT molecular complexity index is 592. The second kappa shape index (κ2) is 5.97. The van der Waals surface area contributed by atoms with Crippen LogP contribution in [-0.4, -0.2) is 81.7 Å². The van der Waals surface area contributed by atoms with Crippen LogP contribution in [0.4, 0.5) is 5.95 Å². The summed E-state index contributed by atoms with van der Waals surface area (Å²) in [6, 6.07) is 1.66. The zero-order valence-corrected chi connectivity index (χ0v) is 14.1. The van der Waals surface area contributed by atoms with Crippen LogP contribution < -0.4 is 4.90 Å². The summed E-state index contributed by atoms with van der Waals surface area (Å²) < 4.78 is 0. The lowest BCUT2D eigenvalue weighted by molar-refractivity contribution is -0.155. The zero-order valence-electron chi connectivity index (χ0n) is 14.1. The van der Waals surface area contributed by atoms with Crippen molar-refractivity contribution in [2.45, 2.75) is 31.4 Å². The Morgan fingerprint density at radius 1 is 1.21 bits per heavy atom. The summed E-state index contributed by atoms with van der Waals surface area (Å²) in [4.78, 5) is 27.4. The number of piperazine rings is 1. The first kappa shape index (κ1) is 15.8. The van der Waals surface area contributed by atoms with Gasteiger partial charge in [-0.1, -0.05) is 0 Å². The topological polar surface area (TPSA) is 72.8 Å². The molecule has 3 heterocycles. The van der Waals surface area contributed by atoms with Gasteiger partial charge in [0.05, 0.1) is 11.6 Å². The molecule has 1 aromatic heterocycles. The Morgan fingerprint density at radius 3 is 2.42 bits per heavy atom. The third-order valence-corrected chi connectivity index (χ3v) is 5.62. The van der Waals surface area contributed by atoms with Crippen molar-refractivity contribution < 1.29 is 9.90 Å². The Balaban J connectivity index is 1.28. The van der Waals surface area contributed by atoms with E-state index in [0.29, 0.717) is 32.1 Å². The lowest BCUT2D eigenvalue weighted by Gasteiger charge is -2.50.